The van der Waals surface area contributed by atoms with Crippen molar-refractivity contribution in [3.8, 4) is 0 Å². The zero-order valence-electron chi connectivity index (χ0n) is 17.2. The predicted molar refractivity (Wildman–Crippen MR) is 111 cm³/mol. The van der Waals surface area contributed by atoms with Crippen LogP contribution < -0.4 is 0 Å². The molecule has 2 aliphatic heterocycles. The molecule has 3 heterocycles. The van der Waals surface area contributed by atoms with Gasteiger partial charge in [-0.1, -0.05) is 30.3 Å². The van der Waals surface area contributed by atoms with Gasteiger partial charge in [0.15, 0.2) is 0 Å². The molecule has 0 aliphatic carbocycles. The van der Waals surface area contributed by atoms with E-state index in [0.29, 0.717) is 51.3 Å². The fourth-order valence-electron chi connectivity index (χ4n) is 4.48. The Morgan fingerprint density at radius 1 is 0.900 bits per heavy atom. The third kappa shape index (κ3) is 4.25. The number of hydrogen-bond acceptors (Lipinski definition) is 4. The molecular weight excluding hydrogens is 382 g/mol. The molecule has 7 nitrogen and oxygen atoms in total. The highest BCUT2D eigenvalue weighted by molar-refractivity contribution is 5.94. The average molecular weight is 409 g/mol. The van der Waals surface area contributed by atoms with Crippen LogP contribution in [-0.2, 0) is 9.59 Å². The van der Waals surface area contributed by atoms with Gasteiger partial charge in [0, 0.05) is 52.1 Å². The Balaban J connectivity index is 1.51. The Morgan fingerprint density at radius 2 is 1.60 bits per heavy atom. The van der Waals surface area contributed by atoms with Crippen molar-refractivity contribution in [3.63, 3.8) is 0 Å². The SMILES string of the molecule is CC(=O)N1CCN(C(=O)C2CC(c3ccccc3)CN(C(=O)c3ccoc3)C2)CC1. The number of rotatable bonds is 3. The normalized spacial score (nSPS) is 22.1. The van der Waals surface area contributed by atoms with E-state index in [0.717, 1.165) is 5.56 Å². The van der Waals surface area contributed by atoms with Crippen molar-refractivity contribution in [2.45, 2.75) is 19.3 Å². The minimum absolute atomic E-state index is 0.0424. The van der Waals surface area contributed by atoms with E-state index >= 15 is 0 Å². The molecule has 0 radical (unpaired) electrons. The number of hydrogen-bond donors (Lipinski definition) is 0. The molecular formula is C23H27N3O4. The highest BCUT2D eigenvalue weighted by Gasteiger charge is 2.37. The van der Waals surface area contributed by atoms with Crippen LogP contribution >= 0.6 is 0 Å². The van der Waals surface area contributed by atoms with Crippen molar-refractivity contribution < 1.29 is 18.8 Å². The second kappa shape index (κ2) is 8.73. The van der Waals surface area contributed by atoms with Crippen molar-refractivity contribution in [2.75, 3.05) is 39.3 Å². The van der Waals surface area contributed by atoms with Crippen molar-refractivity contribution in [1.29, 1.82) is 0 Å². The molecule has 0 spiro atoms. The lowest BCUT2D eigenvalue weighted by atomic mass is 9.83. The number of nitrogens with zero attached hydrogens (tertiary/aromatic N) is 3. The van der Waals surface area contributed by atoms with Crippen LogP contribution in [0.2, 0.25) is 0 Å². The summed E-state index contributed by atoms with van der Waals surface area (Å²) in [7, 11) is 0. The van der Waals surface area contributed by atoms with Gasteiger partial charge in [0.25, 0.3) is 5.91 Å². The summed E-state index contributed by atoms with van der Waals surface area (Å²) in [5.41, 5.74) is 1.64. The summed E-state index contributed by atoms with van der Waals surface area (Å²) in [5.74, 6) is -0.153. The van der Waals surface area contributed by atoms with E-state index in [-0.39, 0.29) is 29.6 Å². The van der Waals surface area contributed by atoms with Gasteiger partial charge in [-0.25, -0.2) is 0 Å². The number of carbonyl (C=O) groups excluding carboxylic acids is 3. The molecule has 1 aromatic heterocycles. The van der Waals surface area contributed by atoms with Crippen LogP contribution in [0.1, 0.15) is 35.2 Å². The maximum absolute atomic E-state index is 13.3. The summed E-state index contributed by atoms with van der Waals surface area (Å²) in [6, 6.07) is 11.7. The molecule has 3 amide bonds. The van der Waals surface area contributed by atoms with Gasteiger partial charge in [0.1, 0.15) is 6.26 Å². The van der Waals surface area contributed by atoms with E-state index in [1.54, 1.807) is 22.8 Å². The second-order valence-electron chi connectivity index (χ2n) is 8.09. The van der Waals surface area contributed by atoms with Crippen LogP contribution in [0.25, 0.3) is 0 Å². The number of amides is 3. The van der Waals surface area contributed by atoms with Crippen molar-refractivity contribution in [3.05, 3.63) is 60.1 Å². The number of benzene rings is 1. The molecule has 2 aliphatic rings. The van der Waals surface area contributed by atoms with E-state index in [2.05, 4.69) is 12.1 Å². The standard InChI is InChI=1S/C23H27N3O4/c1-17(27)24-8-10-25(11-9-24)23(29)21-13-20(18-5-3-2-4-6-18)14-26(15-21)22(28)19-7-12-30-16-19/h2-7,12,16,20-21H,8-11,13-15H2,1H3. The Morgan fingerprint density at radius 3 is 2.23 bits per heavy atom. The zero-order chi connectivity index (χ0) is 21.1. The first-order valence-electron chi connectivity index (χ1n) is 10.4. The molecule has 2 unspecified atom stereocenters. The summed E-state index contributed by atoms with van der Waals surface area (Å²) in [6.45, 7) is 4.75. The maximum atomic E-state index is 13.3. The molecule has 7 heteroatoms. The summed E-state index contributed by atoms with van der Waals surface area (Å²) < 4.78 is 5.08. The number of furan rings is 1. The van der Waals surface area contributed by atoms with Crippen LogP contribution in [0.4, 0.5) is 0 Å². The van der Waals surface area contributed by atoms with Crippen LogP contribution in [0.5, 0.6) is 0 Å². The average Bonchev–Trinajstić information content (AvgIpc) is 3.33. The van der Waals surface area contributed by atoms with Gasteiger partial charge in [-0.3, -0.25) is 14.4 Å². The lowest BCUT2D eigenvalue weighted by Crippen LogP contribution is -2.54. The first kappa shape index (κ1) is 20.2. The Bertz CT molecular complexity index is 888. The molecule has 4 rings (SSSR count). The third-order valence-electron chi connectivity index (χ3n) is 6.16. The summed E-state index contributed by atoms with van der Waals surface area (Å²) in [4.78, 5) is 43.3. The monoisotopic (exact) mass is 409 g/mol. The smallest absolute Gasteiger partial charge is 0.257 e. The number of likely N-dealkylation sites (tertiary alicyclic amines) is 1. The van der Waals surface area contributed by atoms with E-state index < -0.39 is 0 Å². The van der Waals surface area contributed by atoms with E-state index in [1.165, 1.54) is 12.5 Å². The fourth-order valence-corrected chi connectivity index (χ4v) is 4.48. The van der Waals surface area contributed by atoms with E-state index in [1.807, 2.05) is 23.1 Å². The molecule has 2 saturated heterocycles. The van der Waals surface area contributed by atoms with E-state index in [9.17, 15) is 14.4 Å². The maximum Gasteiger partial charge on any atom is 0.257 e. The second-order valence-corrected chi connectivity index (χ2v) is 8.09. The Kier molecular flexibility index (Phi) is 5.88. The van der Waals surface area contributed by atoms with Gasteiger partial charge >= 0.3 is 0 Å². The molecule has 0 saturated carbocycles. The minimum atomic E-state index is -0.260. The number of piperazine rings is 1. The molecule has 0 bridgehead atoms. The quantitative estimate of drug-likeness (QED) is 0.779. The van der Waals surface area contributed by atoms with E-state index in [4.69, 9.17) is 4.42 Å². The lowest BCUT2D eigenvalue weighted by Gasteiger charge is -2.41. The molecule has 2 aromatic rings. The Labute approximate surface area is 176 Å². The molecule has 30 heavy (non-hydrogen) atoms. The molecule has 158 valence electrons. The Hall–Kier alpha value is -3.09. The highest BCUT2D eigenvalue weighted by atomic mass is 16.3. The van der Waals surface area contributed by atoms with Gasteiger partial charge in [0.2, 0.25) is 11.8 Å². The molecule has 2 atom stereocenters. The highest BCUT2D eigenvalue weighted by Crippen LogP contribution is 2.32. The summed E-state index contributed by atoms with van der Waals surface area (Å²) in [5, 5.41) is 0. The van der Waals surface area contributed by atoms with Crippen LogP contribution in [-0.4, -0.2) is 71.7 Å². The zero-order valence-corrected chi connectivity index (χ0v) is 17.2. The number of piperidine rings is 1. The fraction of sp³-hybridized carbons (Fsp3) is 0.435. The van der Waals surface area contributed by atoms with Gasteiger partial charge in [-0.05, 0) is 18.1 Å². The van der Waals surface area contributed by atoms with Crippen LogP contribution in [0.15, 0.2) is 53.3 Å². The number of carbonyl (C=O) groups is 3. The minimum Gasteiger partial charge on any atom is -0.472 e. The largest absolute Gasteiger partial charge is 0.472 e. The lowest BCUT2D eigenvalue weighted by molar-refractivity contribution is -0.142. The molecule has 1 aromatic carbocycles. The predicted octanol–water partition coefficient (Wildman–Crippen LogP) is 2.22. The topological polar surface area (TPSA) is 74.1 Å². The van der Waals surface area contributed by atoms with Gasteiger partial charge in [0.05, 0.1) is 17.7 Å². The first-order chi connectivity index (χ1) is 14.5. The first-order valence-corrected chi connectivity index (χ1v) is 10.4. The van der Waals surface area contributed by atoms with Crippen molar-refractivity contribution in [2.24, 2.45) is 5.92 Å². The summed E-state index contributed by atoms with van der Waals surface area (Å²) in [6.07, 6.45) is 3.65. The van der Waals surface area contributed by atoms with Crippen molar-refractivity contribution >= 4 is 17.7 Å². The van der Waals surface area contributed by atoms with Gasteiger partial charge in [-0.2, -0.15) is 0 Å². The van der Waals surface area contributed by atoms with Crippen molar-refractivity contribution in [1.82, 2.24) is 14.7 Å². The summed E-state index contributed by atoms with van der Waals surface area (Å²) >= 11 is 0. The molecule has 0 N–H and O–H groups in total. The van der Waals surface area contributed by atoms with Gasteiger partial charge < -0.3 is 19.1 Å². The molecule has 2 fully saturated rings. The van der Waals surface area contributed by atoms with Crippen LogP contribution in [0, 0.1) is 5.92 Å². The third-order valence-corrected chi connectivity index (χ3v) is 6.16. The van der Waals surface area contributed by atoms with Crippen LogP contribution in [0.3, 0.4) is 0 Å². The van der Waals surface area contributed by atoms with Gasteiger partial charge in [-0.15, -0.1) is 0 Å².